The molecule has 0 unspecified atom stereocenters. The summed E-state index contributed by atoms with van der Waals surface area (Å²) < 4.78 is 251. The van der Waals surface area contributed by atoms with Crippen molar-refractivity contribution in [1.82, 2.24) is 9.13 Å². The van der Waals surface area contributed by atoms with Gasteiger partial charge < -0.3 is 9.13 Å². The van der Waals surface area contributed by atoms with Crippen LogP contribution in [-0.4, -0.2) is 9.13 Å². The van der Waals surface area contributed by atoms with Crippen molar-refractivity contribution in [3.05, 3.63) is 169 Å². The Bertz CT molecular complexity index is 3700. The van der Waals surface area contributed by atoms with Crippen molar-refractivity contribution in [2.75, 3.05) is 0 Å². The first-order valence-corrected chi connectivity index (χ1v) is 12.8. The molecule has 0 aliphatic rings. The molecule has 0 amide bonds. The average molecular weight is 589 g/mol. The van der Waals surface area contributed by atoms with E-state index < -0.39 is 246 Å². The summed E-state index contributed by atoms with van der Waals surface area (Å²) >= 11 is 0. The number of benzene rings is 7. The van der Waals surface area contributed by atoms with Crippen LogP contribution in [0.2, 0.25) is 0 Å². The predicted octanol–water partition coefficient (Wildman–Crippen LogP) is 11.2. The Morgan fingerprint density at radius 1 is 0.295 bits per heavy atom. The van der Waals surface area contributed by atoms with Crippen LogP contribution in [0.1, 0.15) is 38.4 Å². The third-order valence-corrected chi connectivity index (χ3v) is 6.91. The number of aromatic nitrogens is 2. The van der Waals surface area contributed by atoms with E-state index in [1.54, 1.807) is 0 Å². The quantitative estimate of drug-likeness (QED) is 0.193. The molecule has 44 heavy (non-hydrogen) atoms. The average Bonchev–Trinajstić information content (AvgIpc) is 3.88. The molecule has 2 heteroatoms. The molecule has 9 aromatic rings. The molecule has 2 aromatic heterocycles. The maximum atomic E-state index is 9.51. The molecule has 2 heterocycles. The summed E-state index contributed by atoms with van der Waals surface area (Å²) in [6, 6.07) is -26.6. The van der Waals surface area contributed by atoms with Crippen LogP contribution in [0.5, 0.6) is 0 Å². The van der Waals surface area contributed by atoms with Crippen LogP contribution < -0.4 is 0 Å². The maximum Gasteiger partial charge on any atom is 0.0788 e. The summed E-state index contributed by atoms with van der Waals surface area (Å²) in [7, 11) is 0. The van der Waals surface area contributed by atoms with Gasteiger partial charge in [0.1, 0.15) is 0 Å². The van der Waals surface area contributed by atoms with Crippen molar-refractivity contribution >= 4 is 43.6 Å². The minimum absolute atomic E-state index is 0.588. The van der Waals surface area contributed by atoms with Crippen LogP contribution in [0.3, 0.4) is 0 Å². The second-order valence-electron chi connectivity index (χ2n) is 9.26. The van der Waals surface area contributed by atoms with Gasteiger partial charge >= 0.3 is 0 Å². The highest BCUT2D eigenvalue weighted by Gasteiger charge is 2.21. The highest BCUT2D eigenvalue weighted by Crippen LogP contribution is 2.42. The van der Waals surface area contributed by atoms with Crippen molar-refractivity contribution < 1.29 is 38.4 Å². The molecular weight excluding hydrogens is 532 g/mol. The lowest BCUT2D eigenvalue weighted by atomic mass is 10.1. The zero-order chi connectivity index (χ0) is 53.4. The van der Waals surface area contributed by atoms with Gasteiger partial charge in [-0.2, -0.15) is 0 Å². The van der Waals surface area contributed by atoms with E-state index in [-0.39, 0.29) is 0 Å². The number of nitrogens with zero attached hydrogens (tertiary/aromatic N) is 2. The summed E-state index contributed by atoms with van der Waals surface area (Å²) in [5.74, 6) is 0. The van der Waals surface area contributed by atoms with Crippen LogP contribution in [0, 0.1) is 0 Å². The Morgan fingerprint density at radius 3 is 1.05 bits per heavy atom. The van der Waals surface area contributed by atoms with Gasteiger partial charge in [-0.1, -0.05) is 133 Å². The third kappa shape index (κ3) is 3.75. The van der Waals surface area contributed by atoms with E-state index in [1.165, 1.54) is 0 Å². The molecule has 9 rings (SSSR count). The Kier molecular flexibility index (Phi) is 2.14. The SMILES string of the molecule is [2H]c1c([2H])c([2H])c(-c2c([2H])c([2H])c(-n3c4c([2H])c([2H])c([2H])c([2H])c4c4c([2H])c([2H])c5c6c([2H])c([2H])c([2H])c([2H])c6n(-c6c([2H])c([2H])c(-c7c([2H])c([2H])c([2H])c([2H])c7[2H])c([2H])c6[2H])c5c43)c([2H])c2[2H])c([2H])c1[2H]. The molecule has 0 radical (unpaired) electrons. The molecule has 0 spiro atoms. The van der Waals surface area contributed by atoms with E-state index in [4.69, 9.17) is 21.9 Å². The van der Waals surface area contributed by atoms with Gasteiger partial charge in [0, 0.05) is 32.9 Å². The summed E-state index contributed by atoms with van der Waals surface area (Å²) in [6.45, 7) is 0. The normalized spacial score (nSPS) is 20.5. The molecule has 0 N–H and O–H groups in total. The second-order valence-corrected chi connectivity index (χ2v) is 9.26. The molecule has 2 nitrogen and oxygen atoms in total. The minimum atomic E-state index is -1.09. The molecule has 206 valence electrons. The van der Waals surface area contributed by atoms with Crippen LogP contribution in [0.25, 0.3) is 77.2 Å². The molecule has 0 bridgehead atoms. The summed E-state index contributed by atoms with van der Waals surface area (Å²) in [6.07, 6.45) is 0. The van der Waals surface area contributed by atoms with E-state index in [0.717, 1.165) is 9.13 Å². The van der Waals surface area contributed by atoms with E-state index in [0.29, 0.717) is 0 Å². The van der Waals surface area contributed by atoms with Crippen LogP contribution >= 0.6 is 0 Å². The fourth-order valence-electron chi connectivity index (χ4n) is 5.09. The number of para-hydroxylation sites is 2. The summed E-state index contributed by atoms with van der Waals surface area (Å²) in [5.41, 5.74) is -7.56. The van der Waals surface area contributed by atoms with Crippen molar-refractivity contribution in [1.29, 1.82) is 0 Å². The van der Waals surface area contributed by atoms with E-state index in [2.05, 4.69) is 0 Å². The first-order valence-electron chi connectivity index (χ1n) is 26.8. The van der Waals surface area contributed by atoms with E-state index >= 15 is 0 Å². The van der Waals surface area contributed by atoms with Gasteiger partial charge in [-0.05, 0) is 58.5 Å². The lowest BCUT2D eigenvalue weighted by Crippen LogP contribution is -1.98. The highest BCUT2D eigenvalue weighted by molar-refractivity contribution is 6.23. The van der Waals surface area contributed by atoms with Crippen molar-refractivity contribution in [3.8, 4) is 33.6 Å². The Balaban J connectivity index is 1.62. The smallest absolute Gasteiger partial charge is 0.0788 e. The van der Waals surface area contributed by atoms with Gasteiger partial charge in [-0.3, -0.25) is 0 Å². The monoisotopic (exact) mass is 588 g/mol. The number of rotatable bonds is 4. The summed E-state index contributed by atoms with van der Waals surface area (Å²) in [5, 5.41) is -2.39. The van der Waals surface area contributed by atoms with Crippen LogP contribution in [0.15, 0.2) is 169 Å². The Labute approximate surface area is 295 Å². The predicted molar refractivity (Wildman–Crippen MR) is 186 cm³/mol. The van der Waals surface area contributed by atoms with Crippen LogP contribution in [-0.2, 0) is 0 Å². The standard InChI is InChI=1S/C42H28N2/c1-3-11-29(12-4-1)31-19-23-33(24-20-31)43-39-17-9-7-15-35(39)37-27-28-38-36-16-8-10-18-40(36)44(42(38)41(37)43)34-25-21-32(22-26-34)30-13-5-2-6-14-30/h1-28H/i1D,2D,3D,4D,5D,6D,7D,8D,9D,10D,11D,12D,13D,14D,15D,16D,17D,18D,19D,20D,21D,22D,23D,24D,25D,26D,27D,28D. The molecule has 0 aliphatic heterocycles. The van der Waals surface area contributed by atoms with Crippen LogP contribution in [0.4, 0.5) is 0 Å². The number of fused-ring (bicyclic) bond motifs is 7. The molecule has 0 fully saturated rings. The third-order valence-electron chi connectivity index (χ3n) is 6.91. The zero-order valence-electron chi connectivity index (χ0n) is 49.9. The Hall–Kier alpha value is -5.86. The number of hydrogen-bond acceptors (Lipinski definition) is 0. The first kappa shape index (κ1) is 9.57. The molecule has 0 atom stereocenters. The molecular formula is C42H28N2. The van der Waals surface area contributed by atoms with Gasteiger partial charge in [0.2, 0.25) is 0 Å². The van der Waals surface area contributed by atoms with Gasteiger partial charge in [0.05, 0.1) is 60.4 Å². The van der Waals surface area contributed by atoms with Gasteiger partial charge in [-0.15, -0.1) is 0 Å². The fourth-order valence-corrected chi connectivity index (χ4v) is 5.09. The maximum absolute atomic E-state index is 9.51. The molecule has 7 aromatic carbocycles. The van der Waals surface area contributed by atoms with Gasteiger partial charge in [0.25, 0.3) is 0 Å². The van der Waals surface area contributed by atoms with E-state index in [1.807, 2.05) is 0 Å². The first-order chi connectivity index (χ1) is 33.5. The van der Waals surface area contributed by atoms with Gasteiger partial charge in [-0.25, -0.2) is 0 Å². The lowest BCUT2D eigenvalue weighted by molar-refractivity contribution is 1.15. The fraction of sp³-hybridized carbons (Fsp3) is 0. The topological polar surface area (TPSA) is 9.86 Å². The zero-order valence-corrected chi connectivity index (χ0v) is 21.9. The molecule has 0 saturated carbocycles. The minimum Gasteiger partial charge on any atom is -0.307 e. The van der Waals surface area contributed by atoms with Gasteiger partial charge in [0.15, 0.2) is 0 Å². The molecule has 0 saturated heterocycles. The van der Waals surface area contributed by atoms with E-state index in [9.17, 15) is 16.4 Å². The molecule has 0 aliphatic carbocycles. The Morgan fingerprint density at radius 2 is 0.636 bits per heavy atom. The largest absolute Gasteiger partial charge is 0.307 e. The highest BCUT2D eigenvalue weighted by atomic mass is 15.0. The number of hydrogen-bond donors (Lipinski definition) is 0. The van der Waals surface area contributed by atoms with Crippen molar-refractivity contribution in [2.45, 2.75) is 0 Å². The lowest BCUT2D eigenvalue weighted by Gasteiger charge is -2.13. The van der Waals surface area contributed by atoms with Crippen molar-refractivity contribution in [3.63, 3.8) is 0 Å². The van der Waals surface area contributed by atoms with Crippen molar-refractivity contribution in [2.24, 2.45) is 0 Å². The summed E-state index contributed by atoms with van der Waals surface area (Å²) in [4.78, 5) is 0. The second kappa shape index (κ2) is 9.86.